The van der Waals surface area contributed by atoms with Gasteiger partial charge in [0.2, 0.25) is 0 Å². The lowest BCUT2D eigenvalue weighted by molar-refractivity contribution is 0.509. The van der Waals surface area contributed by atoms with Gasteiger partial charge in [0.1, 0.15) is 5.82 Å². The first-order valence-electron chi connectivity index (χ1n) is 5.25. The summed E-state index contributed by atoms with van der Waals surface area (Å²) in [6, 6.07) is 6.27. The highest BCUT2D eigenvalue weighted by Crippen LogP contribution is 2.26. The number of nitrogens with one attached hydrogen (secondary N) is 1. The van der Waals surface area contributed by atoms with E-state index in [4.69, 9.17) is 5.73 Å². The van der Waals surface area contributed by atoms with Gasteiger partial charge in [0.15, 0.2) is 11.6 Å². The lowest BCUT2D eigenvalue weighted by atomic mass is 10.2. The van der Waals surface area contributed by atoms with E-state index in [-0.39, 0.29) is 17.2 Å². The lowest BCUT2D eigenvalue weighted by Crippen LogP contribution is -1.99. The molecule has 0 amide bonds. The van der Waals surface area contributed by atoms with Gasteiger partial charge in [0.05, 0.1) is 11.4 Å². The van der Waals surface area contributed by atoms with Crippen LogP contribution >= 0.6 is 0 Å². The van der Waals surface area contributed by atoms with Crippen LogP contribution in [0.3, 0.4) is 0 Å². The maximum Gasteiger partial charge on any atom is 0.161 e. The van der Waals surface area contributed by atoms with E-state index in [0.717, 1.165) is 12.1 Å². The van der Waals surface area contributed by atoms with E-state index < -0.39 is 11.6 Å². The summed E-state index contributed by atoms with van der Waals surface area (Å²) in [5.74, 6) is -2.42. The quantitative estimate of drug-likeness (QED) is 0.799. The minimum Gasteiger partial charge on any atom is -0.397 e. The topological polar surface area (TPSA) is 38.0 Å². The molecule has 2 aromatic rings. The smallest absolute Gasteiger partial charge is 0.161 e. The van der Waals surface area contributed by atoms with Crippen LogP contribution in [-0.2, 0) is 0 Å². The summed E-state index contributed by atoms with van der Waals surface area (Å²) in [5.41, 5.74) is 6.70. The SMILES string of the molecule is Cc1ccc(Nc2cc(F)c(F)cc2N)cc1F. The van der Waals surface area contributed by atoms with Crippen molar-refractivity contribution in [2.75, 3.05) is 11.1 Å². The van der Waals surface area contributed by atoms with E-state index in [0.29, 0.717) is 11.3 Å². The normalized spacial score (nSPS) is 10.4. The zero-order valence-corrected chi connectivity index (χ0v) is 9.60. The Morgan fingerprint density at radius 2 is 1.61 bits per heavy atom. The predicted octanol–water partition coefficient (Wildman–Crippen LogP) is 3.74. The maximum atomic E-state index is 13.3. The average molecular weight is 252 g/mol. The second kappa shape index (κ2) is 4.60. The molecule has 0 aliphatic heterocycles. The zero-order valence-electron chi connectivity index (χ0n) is 9.60. The third kappa shape index (κ3) is 2.40. The summed E-state index contributed by atoms with van der Waals surface area (Å²) >= 11 is 0. The van der Waals surface area contributed by atoms with Crippen LogP contribution < -0.4 is 11.1 Å². The molecule has 0 aromatic heterocycles. The van der Waals surface area contributed by atoms with Gasteiger partial charge in [-0.15, -0.1) is 0 Å². The first-order chi connectivity index (χ1) is 8.47. The molecule has 2 aromatic carbocycles. The van der Waals surface area contributed by atoms with E-state index in [9.17, 15) is 13.2 Å². The van der Waals surface area contributed by atoms with Crippen molar-refractivity contribution in [1.29, 1.82) is 0 Å². The Morgan fingerprint density at radius 1 is 0.944 bits per heavy atom. The number of rotatable bonds is 2. The molecule has 2 nitrogen and oxygen atoms in total. The van der Waals surface area contributed by atoms with Crippen LogP contribution in [0.2, 0.25) is 0 Å². The molecule has 0 fully saturated rings. The number of hydrogen-bond acceptors (Lipinski definition) is 2. The first kappa shape index (κ1) is 12.3. The van der Waals surface area contributed by atoms with Crippen LogP contribution in [0.25, 0.3) is 0 Å². The van der Waals surface area contributed by atoms with Crippen molar-refractivity contribution >= 4 is 17.1 Å². The van der Waals surface area contributed by atoms with Gasteiger partial charge in [-0.2, -0.15) is 0 Å². The largest absolute Gasteiger partial charge is 0.397 e. The monoisotopic (exact) mass is 252 g/mol. The standard InChI is InChI=1S/C13H11F3N2/c1-7-2-3-8(4-9(7)14)18-13-6-11(16)10(15)5-12(13)17/h2-6,18H,17H2,1H3. The van der Waals surface area contributed by atoms with Crippen LogP contribution in [-0.4, -0.2) is 0 Å². The lowest BCUT2D eigenvalue weighted by Gasteiger charge is -2.10. The summed E-state index contributed by atoms with van der Waals surface area (Å²) in [6.45, 7) is 1.63. The molecule has 2 rings (SSSR count). The Balaban J connectivity index is 2.34. The summed E-state index contributed by atoms with van der Waals surface area (Å²) in [4.78, 5) is 0. The van der Waals surface area contributed by atoms with Crippen LogP contribution in [0.15, 0.2) is 30.3 Å². The van der Waals surface area contributed by atoms with Crippen molar-refractivity contribution in [3.8, 4) is 0 Å². The van der Waals surface area contributed by atoms with Gasteiger partial charge in [0.25, 0.3) is 0 Å². The fraction of sp³-hybridized carbons (Fsp3) is 0.0769. The van der Waals surface area contributed by atoms with Crippen molar-refractivity contribution in [3.05, 3.63) is 53.3 Å². The van der Waals surface area contributed by atoms with Crippen LogP contribution in [0.5, 0.6) is 0 Å². The molecule has 0 unspecified atom stereocenters. The highest BCUT2D eigenvalue weighted by atomic mass is 19.2. The molecule has 0 aliphatic rings. The van der Waals surface area contributed by atoms with Crippen LogP contribution in [0, 0.1) is 24.4 Å². The van der Waals surface area contributed by atoms with Gasteiger partial charge in [-0.1, -0.05) is 6.07 Å². The molecule has 0 saturated heterocycles. The Labute approximate surface area is 102 Å². The van der Waals surface area contributed by atoms with Gasteiger partial charge in [-0.05, 0) is 24.6 Å². The van der Waals surface area contributed by atoms with E-state index >= 15 is 0 Å². The molecule has 0 atom stereocenters. The summed E-state index contributed by atoms with van der Waals surface area (Å²) in [5, 5.41) is 2.74. The van der Waals surface area contributed by atoms with Gasteiger partial charge >= 0.3 is 0 Å². The minimum atomic E-state index is -1.02. The van der Waals surface area contributed by atoms with Crippen molar-refractivity contribution in [3.63, 3.8) is 0 Å². The number of nitrogen functional groups attached to an aromatic ring is 1. The van der Waals surface area contributed by atoms with E-state index in [1.807, 2.05) is 0 Å². The van der Waals surface area contributed by atoms with E-state index in [1.165, 1.54) is 6.07 Å². The number of anilines is 3. The third-order valence-corrected chi connectivity index (χ3v) is 2.54. The molecule has 0 saturated carbocycles. The number of benzene rings is 2. The molecular weight excluding hydrogens is 241 g/mol. The van der Waals surface area contributed by atoms with Crippen molar-refractivity contribution in [1.82, 2.24) is 0 Å². The fourth-order valence-corrected chi connectivity index (χ4v) is 1.50. The molecule has 0 aliphatic carbocycles. The Kier molecular flexibility index (Phi) is 3.14. The predicted molar refractivity (Wildman–Crippen MR) is 65.2 cm³/mol. The number of nitrogens with two attached hydrogens (primary N) is 1. The second-order valence-corrected chi connectivity index (χ2v) is 3.94. The highest BCUT2D eigenvalue weighted by molar-refractivity contribution is 5.72. The van der Waals surface area contributed by atoms with Gasteiger partial charge in [-0.25, -0.2) is 13.2 Å². The van der Waals surface area contributed by atoms with E-state index in [1.54, 1.807) is 19.1 Å². The average Bonchev–Trinajstić information content (AvgIpc) is 2.31. The Hall–Kier alpha value is -2.17. The molecule has 3 N–H and O–H groups in total. The van der Waals surface area contributed by atoms with Crippen LogP contribution in [0.4, 0.5) is 30.2 Å². The zero-order chi connectivity index (χ0) is 13.3. The molecular formula is C13H11F3N2. The molecule has 94 valence electrons. The Morgan fingerprint density at radius 3 is 2.28 bits per heavy atom. The fourth-order valence-electron chi connectivity index (χ4n) is 1.50. The molecule has 0 radical (unpaired) electrons. The van der Waals surface area contributed by atoms with E-state index in [2.05, 4.69) is 5.32 Å². The highest BCUT2D eigenvalue weighted by Gasteiger charge is 2.08. The van der Waals surface area contributed by atoms with Crippen molar-refractivity contribution in [2.24, 2.45) is 0 Å². The molecule has 0 heterocycles. The number of halogens is 3. The molecule has 18 heavy (non-hydrogen) atoms. The van der Waals surface area contributed by atoms with Crippen LogP contribution in [0.1, 0.15) is 5.56 Å². The first-order valence-corrected chi connectivity index (χ1v) is 5.25. The van der Waals surface area contributed by atoms with Gasteiger partial charge in [-0.3, -0.25) is 0 Å². The number of aryl methyl sites for hydroxylation is 1. The van der Waals surface area contributed by atoms with Crippen molar-refractivity contribution in [2.45, 2.75) is 6.92 Å². The molecule has 0 spiro atoms. The molecule has 0 bridgehead atoms. The summed E-state index contributed by atoms with van der Waals surface area (Å²) < 4.78 is 39.3. The maximum absolute atomic E-state index is 13.3. The van der Waals surface area contributed by atoms with Gasteiger partial charge in [0, 0.05) is 17.8 Å². The summed E-state index contributed by atoms with van der Waals surface area (Å²) in [6.07, 6.45) is 0. The Bertz CT molecular complexity index is 597. The minimum absolute atomic E-state index is 0.0508. The van der Waals surface area contributed by atoms with Gasteiger partial charge < -0.3 is 11.1 Å². The van der Waals surface area contributed by atoms with Crippen molar-refractivity contribution < 1.29 is 13.2 Å². The number of hydrogen-bond donors (Lipinski definition) is 2. The third-order valence-electron chi connectivity index (χ3n) is 2.54. The molecule has 5 heteroatoms. The second-order valence-electron chi connectivity index (χ2n) is 3.94. The summed E-state index contributed by atoms with van der Waals surface area (Å²) in [7, 11) is 0.